The molecule has 3 nitrogen and oxygen atoms in total. The zero-order valence-electron chi connectivity index (χ0n) is 13.3. The Kier molecular flexibility index (Phi) is 4.26. The van der Waals surface area contributed by atoms with E-state index in [9.17, 15) is 4.79 Å². The van der Waals surface area contributed by atoms with Crippen LogP contribution < -0.4 is 4.89 Å². The molecule has 4 rings (SSSR count). The van der Waals surface area contributed by atoms with Crippen molar-refractivity contribution in [2.75, 3.05) is 0 Å². The third-order valence-electron chi connectivity index (χ3n) is 4.26. The van der Waals surface area contributed by atoms with Gasteiger partial charge >= 0.3 is 0 Å². The second-order valence-electron chi connectivity index (χ2n) is 5.92. The smallest absolute Gasteiger partial charge is 0.226 e. The second kappa shape index (κ2) is 6.71. The summed E-state index contributed by atoms with van der Waals surface area (Å²) < 4.78 is 0. The van der Waals surface area contributed by atoms with Crippen LogP contribution in [0.25, 0.3) is 11.1 Å². The predicted octanol–water partition coefficient (Wildman–Crippen LogP) is 5.07. The SMILES string of the molecule is O=C(Cl)Cc1ccc2c(c1)C(c1ccccc1-c1ccccc1)OO2. The maximum atomic E-state index is 11.2. The van der Waals surface area contributed by atoms with Crippen LogP contribution in [0.1, 0.15) is 22.8 Å². The molecule has 4 heteroatoms. The van der Waals surface area contributed by atoms with Crippen LogP contribution in [0.4, 0.5) is 0 Å². The first kappa shape index (κ1) is 15.9. The van der Waals surface area contributed by atoms with Crippen LogP contribution in [0.2, 0.25) is 0 Å². The van der Waals surface area contributed by atoms with Gasteiger partial charge in [0.15, 0.2) is 11.9 Å². The molecule has 1 atom stereocenters. The molecule has 3 aromatic rings. The molecule has 0 amide bonds. The van der Waals surface area contributed by atoms with Gasteiger partial charge in [0.2, 0.25) is 5.24 Å². The van der Waals surface area contributed by atoms with Crippen LogP contribution in [0.15, 0.2) is 72.8 Å². The quantitative estimate of drug-likeness (QED) is 0.486. The molecule has 25 heavy (non-hydrogen) atoms. The van der Waals surface area contributed by atoms with Gasteiger partial charge in [-0.1, -0.05) is 60.7 Å². The fourth-order valence-electron chi connectivity index (χ4n) is 3.13. The first-order valence-corrected chi connectivity index (χ1v) is 8.39. The lowest BCUT2D eigenvalue weighted by atomic mass is 9.92. The summed E-state index contributed by atoms with van der Waals surface area (Å²) in [5, 5.41) is -0.388. The standard InChI is InChI=1S/C21H15ClO3/c22-20(23)13-14-10-11-19-18(12-14)21(25-24-19)17-9-5-4-8-16(17)15-6-2-1-3-7-15/h1-12,21H,13H2. The summed E-state index contributed by atoms with van der Waals surface area (Å²) in [5.74, 6) is 0.665. The molecule has 1 unspecified atom stereocenters. The number of rotatable bonds is 4. The summed E-state index contributed by atoms with van der Waals surface area (Å²) in [6.45, 7) is 0. The average molecular weight is 351 g/mol. The van der Waals surface area contributed by atoms with Crippen molar-refractivity contribution < 1.29 is 14.6 Å². The third-order valence-corrected chi connectivity index (χ3v) is 4.40. The van der Waals surface area contributed by atoms with E-state index in [0.29, 0.717) is 5.75 Å². The molecule has 0 aromatic heterocycles. The highest BCUT2D eigenvalue weighted by Crippen LogP contribution is 2.43. The summed E-state index contributed by atoms with van der Waals surface area (Å²) in [5.41, 5.74) is 4.96. The highest BCUT2D eigenvalue weighted by atomic mass is 35.5. The summed E-state index contributed by atoms with van der Waals surface area (Å²) in [7, 11) is 0. The van der Waals surface area contributed by atoms with Gasteiger partial charge in [0.25, 0.3) is 0 Å². The number of carbonyl (C=O) groups is 1. The summed E-state index contributed by atoms with van der Waals surface area (Å²) in [4.78, 5) is 22.2. The molecule has 0 bridgehead atoms. The van der Waals surface area contributed by atoms with Crippen molar-refractivity contribution in [2.45, 2.75) is 12.5 Å². The van der Waals surface area contributed by atoms with Crippen molar-refractivity contribution in [3.05, 3.63) is 89.5 Å². The lowest BCUT2D eigenvalue weighted by molar-refractivity contribution is -0.212. The van der Waals surface area contributed by atoms with E-state index in [2.05, 4.69) is 18.2 Å². The number of benzene rings is 3. The highest BCUT2D eigenvalue weighted by molar-refractivity contribution is 6.63. The van der Waals surface area contributed by atoms with Gasteiger partial charge in [-0.25, -0.2) is 0 Å². The molecule has 0 aliphatic carbocycles. The average Bonchev–Trinajstić information content (AvgIpc) is 3.05. The maximum Gasteiger partial charge on any atom is 0.226 e. The van der Waals surface area contributed by atoms with Crippen molar-refractivity contribution in [3.63, 3.8) is 0 Å². The predicted molar refractivity (Wildman–Crippen MR) is 96.4 cm³/mol. The number of hydrogen-bond donors (Lipinski definition) is 0. The molecule has 1 aliphatic heterocycles. The topological polar surface area (TPSA) is 35.5 Å². The van der Waals surface area contributed by atoms with Crippen LogP contribution in [-0.2, 0) is 16.1 Å². The molecule has 0 fully saturated rings. The van der Waals surface area contributed by atoms with Crippen molar-refractivity contribution in [3.8, 4) is 16.9 Å². The maximum absolute atomic E-state index is 11.2. The fourth-order valence-corrected chi connectivity index (χ4v) is 3.28. The monoisotopic (exact) mass is 350 g/mol. The van der Waals surface area contributed by atoms with E-state index < -0.39 is 0 Å². The molecule has 1 heterocycles. The Morgan fingerprint density at radius 1 is 0.920 bits per heavy atom. The summed E-state index contributed by atoms with van der Waals surface area (Å²) in [6.07, 6.45) is -0.168. The van der Waals surface area contributed by atoms with Gasteiger partial charge in [0, 0.05) is 12.0 Å². The zero-order chi connectivity index (χ0) is 17.2. The van der Waals surface area contributed by atoms with E-state index in [1.54, 1.807) is 0 Å². The normalized spacial score (nSPS) is 15.5. The van der Waals surface area contributed by atoms with Gasteiger partial charge in [0.05, 0.1) is 0 Å². The number of hydrogen-bond acceptors (Lipinski definition) is 3. The Morgan fingerprint density at radius 3 is 2.48 bits per heavy atom. The molecule has 1 aliphatic rings. The molecular weight excluding hydrogens is 336 g/mol. The molecule has 124 valence electrons. The van der Waals surface area contributed by atoms with E-state index >= 15 is 0 Å². The van der Waals surface area contributed by atoms with E-state index in [0.717, 1.165) is 27.8 Å². The Morgan fingerprint density at radius 2 is 1.68 bits per heavy atom. The van der Waals surface area contributed by atoms with Crippen molar-refractivity contribution in [2.24, 2.45) is 0 Å². The summed E-state index contributed by atoms with van der Waals surface area (Å²) in [6, 6.07) is 23.8. The van der Waals surface area contributed by atoms with Gasteiger partial charge < -0.3 is 4.89 Å². The molecule has 0 radical (unpaired) electrons. The Hall–Kier alpha value is -2.62. The summed E-state index contributed by atoms with van der Waals surface area (Å²) >= 11 is 5.52. The Bertz CT molecular complexity index is 921. The molecular formula is C21H15ClO3. The zero-order valence-corrected chi connectivity index (χ0v) is 14.1. The van der Waals surface area contributed by atoms with Gasteiger partial charge in [0.1, 0.15) is 0 Å². The van der Waals surface area contributed by atoms with Crippen molar-refractivity contribution in [1.29, 1.82) is 0 Å². The third kappa shape index (κ3) is 3.16. The second-order valence-corrected chi connectivity index (χ2v) is 6.34. The Balaban J connectivity index is 1.78. The van der Waals surface area contributed by atoms with E-state index in [4.69, 9.17) is 21.4 Å². The molecule has 0 saturated carbocycles. The van der Waals surface area contributed by atoms with Crippen LogP contribution in [0.5, 0.6) is 5.75 Å². The minimum absolute atomic E-state index is 0.182. The minimum Gasteiger partial charge on any atom is -0.336 e. The molecule has 0 saturated heterocycles. The first-order chi connectivity index (χ1) is 12.2. The van der Waals surface area contributed by atoms with Gasteiger partial charge in [-0.2, -0.15) is 4.89 Å². The number of carbonyl (C=O) groups excluding carboxylic acids is 1. The Labute approximate surface area is 150 Å². The lowest BCUT2D eigenvalue weighted by Gasteiger charge is -2.14. The van der Waals surface area contributed by atoms with Gasteiger partial charge in [-0.05, 0) is 46.0 Å². The lowest BCUT2D eigenvalue weighted by Crippen LogP contribution is -2.03. The van der Waals surface area contributed by atoms with Gasteiger partial charge in [-0.3, -0.25) is 4.79 Å². The van der Waals surface area contributed by atoms with Crippen LogP contribution >= 0.6 is 11.6 Å². The minimum atomic E-state index is -0.388. The molecule has 0 N–H and O–H groups in total. The number of halogens is 1. The van der Waals surface area contributed by atoms with E-state index in [1.807, 2.05) is 54.6 Å². The van der Waals surface area contributed by atoms with Crippen LogP contribution in [0, 0.1) is 0 Å². The fraction of sp³-hybridized carbons (Fsp3) is 0.0952. The van der Waals surface area contributed by atoms with E-state index in [1.165, 1.54) is 0 Å². The number of fused-ring (bicyclic) bond motifs is 1. The van der Waals surface area contributed by atoms with Gasteiger partial charge in [-0.15, -0.1) is 0 Å². The molecule has 0 spiro atoms. The highest BCUT2D eigenvalue weighted by Gasteiger charge is 2.30. The van der Waals surface area contributed by atoms with Crippen molar-refractivity contribution in [1.82, 2.24) is 0 Å². The molecule has 3 aromatic carbocycles. The van der Waals surface area contributed by atoms with Crippen LogP contribution in [0.3, 0.4) is 0 Å². The first-order valence-electron chi connectivity index (χ1n) is 8.01. The van der Waals surface area contributed by atoms with Crippen LogP contribution in [-0.4, -0.2) is 5.24 Å². The van der Waals surface area contributed by atoms with Crippen molar-refractivity contribution >= 4 is 16.8 Å². The largest absolute Gasteiger partial charge is 0.336 e. The van der Waals surface area contributed by atoms with E-state index in [-0.39, 0.29) is 17.8 Å².